The molecule has 0 unspecified atom stereocenters. The molecule has 1 heterocycles. The molecule has 0 bridgehead atoms. The predicted octanol–water partition coefficient (Wildman–Crippen LogP) is 1.40. The molecular weight excluding hydrogens is 316 g/mol. The lowest BCUT2D eigenvalue weighted by Gasteiger charge is -2.11. The van der Waals surface area contributed by atoms with Crippen molar-refractivity contribution in [2.24, 2.45) is 0 Å². The molecular formula is C16H11N2O4S-. The number of rotatable bonds is 4. The lowest BCUT2D eigenvalue weighted by atomic mass is 10.2. The fourth-order valence-electron chi connectivity index (χ4n) is 2.18. The maximum Gasteiger partial charge on any atom is 0.261 e. The Labute approximate surface area is 132 Å². The summed E-state index contributed by atoms with van der Waals surface area (Å²) in [6.07, 6.45) is 1.57. The Hall–Kier alpha value is -2.93. The minimum Gasteiger partial charge on any atom is -0.545 e. The molecule has 0 amide bonds. The van der Waals surface area contributed by atoms with Gasteiger partial charge in [-0.3, -0.25) is 9.71 Å². The normalized spacial score (nSPS) is 11.3. The highest BCUT2D eigenvalue weighted by atomic mass is 32.2. The number of hydrogen-bond acceptors (Lipinski definition) is 5. The Bertz CT molecular complexity index is 994. The molecule has 3 rings (SSSR count). The molecule has 0 saturated heterocycles. The molecule has 0 radical (unpaired) electrons. The number of aromatic nitrogens is 1. The monoisotopic (exact) mass is 327 g/mol. The molecule has 7 heteroatoms. The van der Waals surface area contributed by atoms with Crippen molar-refractivity contribution in [2.45, 2.75) is 4.90 Å². The first-order valence-electron chi connectivity index (χ1n) is 6.65. The van der Waals surface area contributed by atoms with Crippen molar-refractivity contribution >= 4 is 32.6 Å². The van der Waals surface area contributed by atoms with Crippen molar-refractivity contribution in [2.75, 3.05) is 4.72 Å². The van der Waals surface area contributed by atoms with Crippen LogP contribution >= 0.6 is 0 Å². The van der Waals surface area contributed by atoms with E-state index in [-0.39, 0.29) is 10.5 Å². The van der Waals surface area contributed by atoms with E-state index in [0.29, 0.717) is 11.2 Å². The van der Waals surface area contributed by atoms with Crippen LogP contribution in [0.15, 0.2) is 65.7 Å². The van der Waals surface area contributed by atoms with E-state index >= 15 is 0 Å². The fourth-order valence-corrected chi connectivity index (χ4v) is 3.29. The largest absolute Gasteiger partial charge is 0.545 e. The van der Waals surface area contributed by atoms with Gasteiger partial charge in [-0.15, -0.1) is 0 Å². The molecule has 0 aliphatic heterocycles. The lowest BCUT2D eigenvalue weighted by molar-refractivity contribution is -0.255. The zero-order chi connectivity index (χ0) is 16.4. The van der Waals surface area contributed by atoms with Gasteiger partial charge in [-0.05, 0) is 29.8 Å². The van der Waals surface area contributed by atoms with E-state index in [1.54, 1.807) is 24.4 Å². The van der Waals surface area contributed by atoms with Crippen LogP contribution in [0.4, 0.5) is 5.69 Å². The first-order chi connectivity index (χ1) is 11.0. The van der Waals surface area contributed by atoms with Crippen molar-refractivity contribution in [3.8, 4) is 0 Å². The molecule has 116 valence electrons. The maximum absolute atomic E-state index is 12.5. The van der Waals surface area contributed by atoms with Gasteiger partial charge in [-0.25, -0.2) is 8.42 Å². The number of pyridine rings is 1. The summed E-state index contributed by atoms with van der Waals surface area (Å²) >= 11 is 0. The standard InChI is InChI=1S/C16H12N2O4S/c19-16(20)12-5-1-7-13(10-12)23(21,22)18-14-8-2-4-11-6-3-9-17-15(11)14/h1-10,18H,(H,19,20)/p-1. The summed E-state index contributed by atoms with van der Waals surface area (Å²) in [7, 11) is -3.94. The smallest absolute Gasteiger partial charge is 0.261 e. The van der Waals surface area contributed by atoms with Gasteiger partial charge < -0.3 is 9.90 Å². The number of anilines is 1. The van der Waals surface area contributed by atoms with Gasteiger partial charge in [0.05, 0.1) is 22.1 Å². The van der Waals surface area contributed by atoms with Crippen LogP contribution in [0.3, 0.4) is 0 Å². The Kier molecular flexibility index (Phi) is 3.71. The molecule has 23 heavy (non-hydrogen) atoms. The van der Waals surface area contributed by atoms with Crippen molar-refractivity contribution in [1.82, 2.24) is 4.98 Å². The minimum atomic E-state index is -3.94. The Morgan fingerprint density at radius 2 is 1.78 bits per heavy atom. The number of nitrogens with zero attached hydrogens (tertiary/aromatic N) is 1. The van der Waals surface area contributed by atoms with Crippen LogP contribution in [0.2, 0.25) is 0 Å². The number of sulfonamides is 1. The first-order valence-corrected chi connectivity index (χ1v) is 8.14. The SMILES string of the molecule is O=C([O-])c1cccc(S(=O)(=O)Nc2cccc3cccnc23)c1. The predicted molar refractivity (Wildman–Crippen MR) is 83.3 cm³/mol. The van der Waals surface area contributed by atoms with Crippen LogP contribution in [0, 0.1) is 0 Å². The van der Waals surface area contributed by atoms with E-state index in [0.717, 1.165) is 11.5 Å². The van der Waals surface area contributed by atoms with Crippen molar-refractivity contribution < 1.29 is 18.3 Å². The highest BCUT2D eigenvalue weighted by Crippen LogP contribution is 2.24. The summed E-state index contributed by atoms with van der Waals surface area (Å²) in [5.41, 5.74) is 0.625. The number of fused-ring (bicyclic) bond motifs is 1. The molecule has 1 N–H and O–H groups in total. The van der Waals surface area contributed by atoms with Gasteiger partial charge >= 0.3 is 0 Å². The van der Waals surface area contributed by atoms with E-state index in [1.165, 1.54) is 18.2 Å². The molecule has 0 fully saturated rings. The quantitative estimate of drug-likeness (QED) is 0.781. The van der Waals surface area contributed by atoms with E-state index in [9.17, 15) is 18.3 Å². The van der Waals surface area contributed by atoms with Crippen molar-refractivity contribution in [3.63, 3.8) is 0 Å². The van der Waals surface area contributed by atoms with Crippen molar-refractivity contribution in [1.29, 1.82) is 0 Å². The number of nitrogens with one attached hydrogen (secondary N) is 1. The summed E-state index contributed by atoms with van der Waals surface area (Å²) in [4.78, 5) is 14.9. The van der Waals surface area contributed by atoms with Gasteiger partial charge in [0.1, 0.15) is 0 Å². The third kappa shape index (κ3) is 3.00. The average Bonchev–Trinajstić information content (AvgIpc) is 2.55. The Morgan fingerprint density at radius 3 is 2.57 bits per heavy atom. The van der Waals surface area contributed by atoms with Gasteiger partial charge in [0.25, 0.3) is 10.0 Å². The number of benzene rings is 2. The number of aromatic carboxylic acids is 1. The van der Waals surface area contributed by atoms with Gasteiger partial charge in [-0.2, -0.15) is 0 Å². The second-order valence-corrected chi connectivity index (χ2v) is 6.48. The topological polar surface area (TPSA) is 99.2 Å². The molecule has 0 atom stereocenters. The number of carbonyl (C=O) groups excluding carboxylic acids is 1. The first kappa shape index (κ1) is 15.0. The molecule has 3 aromatic rings. The molecule has 2 aromatic carbocycles. The summed E-state index contributed by atoms with van der Waals surface area (Å²) in [5.74, 6) is -1.44. The lowest BCUT2D eigenvalue weighted by Crippen LogP contribution is -2.23. The van der Waals surface area contributed by atoms with Crippen LogP contribution in [-0.2, 0) is 10.0 Å². The highest BCUT2D eigenvalue weighted by Gasteiger charge is 2.16. The number of hydrogen-bond donors (Lipinski definition) is 1. The molecule has 0 aliphatic rings. The second kappa shape index (κ2) is 5.69. The van der Waals surface area contributed by atoms with E-state index in [1.807, 2.05) is 12.1 Å². The minimum absolute atomic E-state index is 0.160. The van der Waals surface area contributed by atoms with Crippen LogP contribution in [0.5, 0.6) is 0 Å². The van der Waals surface area contributed by atoms with Crippen LogP contribution < -0.4 is 9.83 Å². The van der Waals surface area contributed by atoms with Gasteiger partial charge in [0.2, 0.25) is 0 Å². The fraction of sp³-hybridized carbons (Fsp3) is 0. The van der Waals surface area contributed by atoms with Crippen molar-refractivity contribution in [3.05, 3.63) is 66.4 Å². The number of carboxylic acids is 1. The zero-order valence-electron chi connectivity index (χ0n) is 11.8. The summed E-state index contributed by atoms with van der Waals surface area (Å²) in [5, 5.41) is 11.7. The third-order valence-corrected chi connectivity index (χ3v) is 4.62. The Balaban J connectivity index is 2.04. The van der Waals surface area contributed by atoms with Crippen LogP contribution in [0.1, 0.15) is 10.4 Å². The molecule has 0 spiro atoms. The molecule has 6 nitrogen and oxygen atoms in total. The molecule has 1 aromatic heterocycles. The molecule has 0 aliphatic carbocycles. The zero-order valence-corrected chi connectivity index (χ0v) is 12.6. The number of para-hydroxylation sites is 1. The maximum atomic E-state index is 12.5. The third-order valence-electron chi connectivity index (χ3n) is 3.26. The van der Waals surface area contributed by atoms with Gasteiger partial charge in [-0.1, -0.05) is 30.3 Å². The number of carbonyl (C=O) groups is 1. The van der Waals surface area contributed by atoms with Gasteiger partial charge in [0.15, 0.2) is 0 Å². The van der Waals surface area contributed by atoms with E-state index in [2.05, 4.69) is 9.71 Å². The van der Waals surface area contributed by atoms with E-state index in [4.69, 9.17) is 0 Å². The Morgan fingerprint density at radius 1 is 1.04 bits per heavy atom. The summed E-state index contributed by atoms with van der Waals surface area (Å²) in [6, 6.07) is 13.7. The second-order valence-electron chi connectivity index (χ2n) is 4.80. The number of carboxylic acid groups (broad SMARTS) is 1. The highest BCUT2D eigenvalue weighted by molar-refractivity contribution is 7.92. The van der Waals surface area contributed by atoms with Gasteiger partial charge in [0, 0.05) is 11.6 Å². The van der Waals surface area contributed by atoms with Crippen LogP contribution in [-0.4, -0.2) is 19.4 Å². The van der Waals surface area contributed by atoms with E-state index < -0.39 is 16.0 Å². The molecule has 0 saturated carbocycles. The summed E-state index contributed by atoms with van der Waals surface area (Å²) < 4.78 is 27.4. The summed E-state index contributed by atoms with van der Waals surface area (Å²) in [6.45, 7) is 0. The van der Waals surface area contributed by atoms with Crippen LogP contribution in [0.25, 0.3) is 10.9 Å². The average molecular weight is 327 g/mol.